The van der Waals surface area contributed by atoms with Gasteiger partial charge in [-0.2, -0.15) is 0 Å². The third kappa shape index (κ3) is 5.37. The first-order valence-corrected chi connectivity index (χ1v) is 7.24. The highest BCUT2D eigenvalue weighted by molar-refractivity contribution is 7.84. The summed E-state index contributed by atoms with van der Waals surface area (Å²) in [6.07, 6.45) is 7.39. The molecule has 2 unspecified atom stereocenters. The van der Waals surface area contributed by atoms with Crippen LogP contribution in [0, 0.1) is 0 Å². The van der Waals surface area contributed by atoms with Crippen LogP contribution in [0.25, 0.3) is 0 Å². The van der Waals surface area contributed by atoms with E-state index < -0.39 is 10.8 Å². The van der Waals surface area contributed by atoms with Crippen LogP contribution < -0.4 is 5.32 Å². The van der Waals surface area contributed by atoms with Gasteiger partial charge in [0.25, 0.3) is 0 Å². The third-order valence-electron chi connectivity index (χ3n) is 2.63. The fraction of sp³-hybridized carbons (Fsp3) is 0.583. The first-order chi connectivity index (χ1) is 7.70. The highest BCUT2D eigenvalue weighted by atomic mass is 32.2. The van der Waals surface area contributed by atoms with E-state index in [0.29, 0.717) is 0 Å². The average Bonchev–Trinajstić information content (AvgIpc) is 2.29. The Morgan fingerprint density at radius 2 is 2.06 bits per heavy atom. The molecule has 0 aliphatic carbocycles. The van der Waals surface area contributed by atoms with Crippen molar-refractivity contribution in [1.82, 2.24) is 10.3 Å². The molecule has 0 aliphatic rings. The molecule has 4 heteroatoms. The minimum absolute atomic E-state index is 0.286. The molecule has 2 atom stereocenters. The van der Waals surface area contributed by atoms with Crippen molar-refractivity contribution in [2.24, 2.45) is 0 Å². The van der Waals surface area contributed by atoms with E-state index in [1.807, 2.05) is 31.5 Å². The number of nitrogens with one attached hydrogen (secondary N) is 1. The molecule has 1 aromatic heterocycles. The highest BCUT2D eigenvalue weighted by Gasteiger charge is 2.04. The first-order valence-electron chi connectivity index (χ1n) is 5.62. The number of hydrogen-bond acceptors (Lipinski definition) is 3. The Morgan fingerprint density at radius 3 is 2.69 bits per heavy atom. The van der Waals surface area contributed by atoms with Crippen LogP contribution in [0.1, 0.15) is 18.9 Å². The molecule has 0 spiro atoms. The number of rotatable bonds is 7. The van der Waals surface area contributed by atoms with Crippen molar-refractivity contribution in [2.75, 3.05) is 19.3 Å². The van der Waals surface area contributed by atoms with Crippen LogP contribution >= 0.6 is 0 Å². The van der Waals surface area contributed by atoms with Gasteiger partial charge in [-0.3, -0.25) is 9.19 Å². The lowest BCUT2D eigenvalue weighted by Gasteiger charge is -2.09. The Kier molecular flexibility index (Phi) is 6.26. The zero-order valence-electron chi connectivity index (χ0n) is 9.98. The molecule has 0 aromatic carbocycles. The van der Waals surface area contributed by atoms with Crippen molar-refractivity contribution in [3.63, 3.8) is 0 Å². The van der Waals surface area contributed by atoms with E-state index in [2.05, 4.69) is 10.3 Å². The zero-order valence-corrected chi connectivity index (χ0v) is 10.8. The van der Waals surface area contributed by atoms with Crippen molar-refractivity contribution in [1.29, 1.82) is 0 Å². The van der Waals surface area contributed by atoms with E-state index in [1.54, 1.807) is 6.26 Å². The number of aromatic nitrogens is 1. The number of nitrogens with zero attached hydrogens (tertiary/aromatic N) is 1. The van der Waals surface area contributed by atoms with Crippen molar-refractivity contribution >= 4 is 10.8 Å². The van der Waals surface area contributed by atoms with E-state index in [1.165, 1.54) is 5.56 Å². The van der Waals surface area contributed by atoms with Crippen molar-refractivity contribution in [2.45, 2.75) is 25.0 Å². The number of pyridine rings is 1. The van der Waals surface area contributed by atoms with Gasteiger partial charge < -0.3 is 5.32 Å². The minimum Gasteiger partial charge on any atom is -0.316 e. The first kappa shape index (κ1) is 13.3. The molecule has 0 saturated carbocycles. The van der Waals surface area contributed by atoms with Gasteiger partial charge >= 0.3 is 0 Å². The fourth-order valence-corrected chi connectivity index (χ4v) is 1.83. The maximum absolute atomic E-state index is 11.1. The van der Waals surface area contributed by atoms with Crippen LogP contribution in [0.2, 0.25) is 0 Å². The molecular weight excluding hydrogens is 220 g/mol. The summed E-state index contributed by atoms with van der Waals surface area (Å²) >= 11 is 0. The summed E-state index contributed by atoms with van der Waals surface area (Å²) in [5, 5.41) is 3.65. The quantitative estimate of drug-likeness (QED) is 0.732. The van der Waals surface area contributed by atoms with Gasteiger partial charge in [0.2, 0.25) is 0 Å². The highest BCUT2D eigenvalue weighted by Crippen LogP contribution is 1.98. The van der Waals surface area contributed by atoms with E-state index in [0.717, 1.165) is 25.9 Å². The third-order valence-corrected chi connectivity index (χ3v) is 4.00. The second-order valence-corrected chi connectivity index (χ2v) is 5.76. The molecule has 1 heterocycles. The van der Waals surface area contributed by atoms with Crippen molar-refractivity contribution in [3.8, 4) is 0 Å². The lowest BCUT2D eigenvalue weighted by Crippen LogP contribution is -2.23. The van der Waals surface area contributed by atoms with Crippen molar-refractivity contribution in [3.05, 3.63) is 30.1 Å². The smallest absolute Gasteiger partial charge is 0.0329 e. The molecular formula is C12H20N2OS. The van der Waals surface area contributed by atoms with E-state index >= 15 is 0 Å². The second kappa shape index (κ2) is 7.52. The number of hydrogen-bond donors (Lipinski definition) is 1. The molecule has 0 saturated heterocycles. The molecule has 90 valence electrons. The Morgan fingerprint density at radius 1 is 1.38 bits per heavy atom. The summed E-state index contributed by atoms with van der Waals surface area (Å²) in [4.78, 5) is 3.98. The monoisotopic (exact) mass is 240 g/mol. The fourth-order valence-electron chi connectivity index (χ4n) is 1.38. The van der Waals surface area contributed by atoms with E-state index in [4.69, 9.17) is 0 Å². The molecule has 3 nitrogen and oxygen atoms in total. The van der Waals surface area contributed by atoms with Gasteiger partial charge in [-0.1, -0.05) is 6.92 Å². The lowest BCUT2D eigenvalue weighted by molar-refractivity contribution is 0.628. The molecule has 16 heavy (non-hydrogen) atoms. The van der Waals surface area contributed by atoms with Gasteiger partial charge in [0, 0.05) is 34.7 Å². The van der Waals surface area contributed by atoms with Crippen LogP contribution in [-0.2, 0) is 17.2 Å². The molecule has 0 radical (unpaired) electrons. The second-order valence-electron chi connectivity index (χ2n) is 3.95. The standard InChI is InChI=1S/C12H20N2OS/c1-11(16(2)15)3-7-13-8-4-12-5-9-14-10-6-12/h5-6,9-11,13H,3-4,7-8H2,1-2H3. The van der Waals surface area contributed by atoms with Gasteiger partial charge in [-0.05, 0) is 43.6 Å². The maximum Gasteiger partial charge on any atom is 0.0329 e. The molecule has 0 bridgehead atoms. The summed E-state index contributed by atoms with van der Waals surface area (Å²) in [7, 11) is -0.700. The molecule has 1 rings (SSSR count). The van der Waals surface area contributed by atoms with Gasteiger partial charge in [-0.15, -0.1) is 0 Å². The average molecular weight is 240 g/mol. The summed E-state index contributed by atoms with van der Waals surface area (Å²) in [6, 6.07) is 4.07. The van der Waals surface area contributed by atoms with Gasteiger partial charge in [0.1, 0.15) is 0 Å². The Hall–Kier alpha value is -0.740. The van der Waals surface area contributed by atoms with E-state index in [-0.39, 0.29) is 5.25 Å². The summed E-state index contributed by atoms with van der Waals surface area (Å²) in [5.74, 6) is 0. The maximum atomic E-state index is 11.1. The van der Waals surface area contributed by atoms with Crippen molar-refractivity contribution < 1.29 is 4.21 Å². The van der Waals surface area contributed by atoms with Crippen LogP contribution in [-0.4, -0.2) is 33.8 Å². The predicted octanol–water partition coefficient (Wildman–Crippen LogP) is 1.37. The SMILES string of the molecule is CC(CCNCCc1ccncc1)S(C)=O. The Balaban J connectivity index is 2.07. The zero-order chi connectivity index (χ0) is 11.8. The van der Waals surface area contributed by atoms with Crippen LogP contribution in [0.4, 0.5) is 0 Å². The van der Waals surface area contributed by atoms with Gasteiger partial charge in [-0.25, -0.2) is 0 Å². The normalized spacial score (nSPS) is 14.6. The molecule has 1 aromatic rings. The van der Waals surface area contributed by atoms with E-state index in [9.17, 15) is 4.21 Å². The van der Waals surface area contributed by atoms with Crippen LogP contribution in [0.3, 0.4) is 0 Å². The molecule has 0 fully saturated rings. The predicted molar refractivity (Wildman–Crippen MR) is 69.0 cm³/mol. The largest absolute Gasteiger partial charge is 0.316 e. The minimum atomic E-state index is -0.700. The lowest BCUT2D eigenvalue weighted by atomic mass is 10.2. The summed E-state index contributed by atoms with van der Waals surface area (Å²) < 4.78 is 11.1. The Labute approximate surface area is 100 Å². The molecule has 0 aliphatic heterocycles. The van der Waals surface area contributed by atoms with Crippen LogP contribution in [0.15, 0.2) is 24.5 Å². The van der Waals surface area contributed by atoms with Gasteiger partial charge in [0.15, 0.2) is 0 Å². The molecule has 1 N–H and O–H groups in total. The summed E-state index contributed by atoms with van der Waals surface area (Å²) in [6.45, 7) is 3.93. The van der Waals surface area contributed by atoms with Crippen LogP contribution in [0.5, 0.6) is 0 Å². The van der Waals surface area contributed by atoms with Gasteiger partial charge in [0.05, 0.1) is 0 Å². The molecule has 0 amide bonds. The Bertz CT molecular complexity index is 316. The topological polar surface area (TPSA) is 42.0 Å². The summed E-state index contributed by atoms with van der Waals surface area (Å²) in [5.41, 5.74) is 1.30.